The molecular weight excluding hydrogens is 352 g/mol. The molecule has 2 rings (SSSR count). The molecule has 4 heteroatoms. The van der Waals surface area contributed by atoms with E-state index in [1.165, 1.54) is 24.8 Å². The number of hydrogen-bond acceptors (Lipinski definition) is 2. The SMILES string of the molecule is CCCCCCc1ccc(C[C@H](C(=O)O)[C@H](Cc2ccccc2)C(=O)O)cc1. The van der Waals surface area contributed by atoms with Gasteiger partial charge in [0.05, 0.1) is 11.8 Å². The molecule has 2 aromatic rings. The summed E-state index contributed by atoms with van der Waals surface area (Å²) < 4.78 is 0. The van der Waals surface area contributed by atoms with Crippen molar-refractivity contribution in [1.29, 1.82) is 0 Å². The van der Waals surface area contributed by atoms with E-state index in [-0.39, 0.29) is 12.8 Å². The fourth-order valence-corrected chi connectivity index (χ4v) is 3.52. The molecule has 150 valence electrons. The van der Waals surface area contributed by atoms with Gasteiger partial charge in [0.2, 0.25) is 0 Å². The van der Waals surface area contributed by atoms with Gasteiger partial charge >= 0.3 is 11.9 Å². The summed E-state index contributed by atoms with van der Waals surface area (Å²) >= 11 is 0. The number of benzene rings is 2. The molecule has 0 amide bonds. The maximum Gasteiger partial charge on any atom is 0.307 e. The first kappa shape index (κ1) is 21.7. The molecule has 0 heterocycles. The van der Waals surface area contributed by atoms with Crippen molar-refractivity contribution < 1.29 is 19.8 Å². The summed E-state index contributed by atoms with van der Waals surface area (Å²) in [6, 6.07) is 17.1. The first-order valence-electron chi connectivity index (χ1n) is 10.1. The van der Waals surface area contributed by atoms with Gasteiger partial charge in [-0.15, -0.1) is 0 Å². The summed E-state index contributed by atoms with van der Waals surface area (Å²) in [5, 5.41) is 19.3. The molecule has 0 saturated heterocycles. The molecule has 2 N–H and O–H groups in total. The fraction of sp³-hybridized carbons (Fsp3) is 0.417. The van der Waals surface area contributed by atoms with Crippen LogP contribution < -0.4 is 0 Å². The summed E-state index contributed by atoms with van der Waals surface area (Å²) in [4.78, 5) is 23.6. The Kier molecular flexibility index (Phi) is 8.73. The van der Waals surface area contributed by atoms with Gasteiger partial charge in [-0.25, -0.2) is 0 Å². The summed E-state index contributed by atoms with van der Waals surface area (Å²) in [5.41, 5.74) is 2.94. The summed E-state index contributed by atoms with van der Waals surface area (Å²) in [6.07, 6.45) is 6.29. The van der Waals surface area contributed by atoms with Crippen LogP contribution in [0.5, 0.6) is 0 Å². The molecule has 2 aromatic carbocycles. The van der Waals surface area contributed by atoms with Crippen molar-refractivity contribution in [1.82, 2.24) is 0 Å². The number of unbranched alkanes of at least 4 members (excludes halogenated alkanes) is 3. The molecule has 4 nitrogen and oxygen atoms in total. The van der Waals surface area contributed by atoms with Gasteiger partial charge < -0.3 is 10.2 Å². The Labute approximate surface area is 167 Å². The third-order valence-corrected chi connectivity index (χ3v) is 5.22. The molecule has 0 aliphatic heterocycles. The quantitative estimate of drug-likeness (QED) is 0.507. The lowest BCUT2D eigenvalue weighted by Crippen LogP contribution is -2.33. The second-order valence-corrected chi connectivity index (χ2v) is 7.41. The molecule has 0 aromatic heterocycles. The number of rotatable bonds is 12. The Hall–Kier alpha value is -2.62. The Morgan fingerprint density at radius 2 is 1.21 bits per heavy atom. The van der Waals surface area contributed by atoms with E-state index in [2.05, 4.69) is 6.92 Å². The third-order valence-electron chi connectivity index (χ3n) is 5.22. The molecule has 28 heavy (non-hydrogen) atoms. The second-order valence-electron chi connectivity index (χ2n) is 7.41. The largest absolute Gasteiger partial charge is 0.481 e. The lowest BCUT2D eigenvalue weighted by Gasteiger charge is -2.21. The zero-order valence-electron chi connectivity index (χ0n) is 16.5. The smallest absolute Gasteiger partial charge is 0.307 e. The van der Waals surface area contributed by atoms with Crippen LogP contribution >= 0.6 is 0 Å². The number of aryl methyl sites for hydroxylation is 1. The summed E-state index contributed by atoms with van der Waals surface area (Å²) in [7, 11) is 0. The predicted octanol–water partition coefficient (Wildman–Crippen LogP) is 5.00. The first-order valence-corrected chi connectivity index (χ1v) is 10.1. The summed E-state index contributed by atoms with van der Waals surface area (Å²) in [6.45, 7) is 2.19. The molecule has 0 unspecified atom stereocenters. The Balaban J connectivity index is 2.06. The molecule has 0 aliphatic rings. The normalized spacial score (nSPS) is 13.0. The Morgan fingerprint density at radius 3 is 1.71 bits per heavy atom. The minimum atomic E-state index is -1.07. The number of carboxylic acids is 2. The van der Waals surface area contributed by atoms with Gasteiger partial charge in [0.1, 0.15) is 0 Å². The highest BCUT2D eigenvalue weighted by molar-refractivity contribution is 5.80. The van der Waals surface area contributed by atoms with E-state index < -0.39 is 23.8 Å². The van der Waals surface area contributed by atoms with Crippen molar-refractivity contribution in [2.75, 3.05) is 0 Å². The molecule has 0 aliphatic carbocycles. The maximum absolute atomic E-state index is 11.8. The van der Waals surface area contributed by atoms with Gasteiger partial charge in [0.15, 0.2) is 0 Å². The van der Waals surface area contributed by atoms with Crippen molar-refractivity contribution in [2.45, 2.75) is 51.9 Å². The van der Waals surface area contributed by atoms with Crippen molar-refractivity contribution in [3.63, 3.8) is 0 Å². The van der Waals surface area contributed by atoms with Crippen LogP contribution in [0, 0.1) is 11.8 Å². The number of hydrogen-bond donors (Lipinski definition) is 2. The first-order chi connectivity index (χ1) is 13.5. The molecular formula is C24H30O4. The van der Waals surface area contributed by atoms with Crippen molar-refractivity contribution >= 4 is 11.9 Å². The average molecular weight is 383 g/mol. The number of carboxylic acid groups (broad SMARTS) is 2. The predicted molar refractivity (Wildman–Crippen MR) is 110 cm³/mol. The van der Waals surface area contributed by atoms with Gasteiger partial charge in [-0.05, 0) is 42.4 Å². The van der Waals surface area contributed by atoms with Gasteiger partial charge in [0, 0.05) is 0 Å². The minimum Gasteiger partial charge on any atom is -0.481 e. The van der Waals surface area contributed by atoms with E-state index >= 15 is 0 Å². The van der Waals surface area contributed by atoms with E-state index in [9.17, 15) is 19.8 Å². The third kappa shape index (κ3) is 6.84. The van der Waals surface area contributed by atoms with Crippen LogP contribution in [0.1, 0.15) is 49.3 Å². The zero-order chi connectivity index (χ0) is 20.4. The number of aliphatic carboxylic acids is 2. The highest BCUT2D eigenvalue weighted by Gasteiger charge is 2.33. The zero-order valence-corrected chi connectivity index (χ0v) is 16.5. The van der Waals surface area contributed by atoms with E-state index in [0.717, 1.165) is 24.0 Å². The maximum atomic E-state index is 11.8. The van der Waals surface area contributed by atoms with Crippen molar-refractivity contribution in [3.05, 3.63) is 71.3 Å². The van der Waals surface area contributed by atoms with Crippen LogP contribution in [0.4, 0.5) is 0 Å². The van der Waals surface area contributed by atoms with Crippen molar-refractivity contribution in [3.8, 4) is 0 Å². The van der Waals surface area contributed by atoms with E-state index in [4.69, 9.17) is 0 Å². The van der Waals surface area contributed by atoms with E-state index in [0.29, 0.717) is 0 Å². The lowest BCUT2D eigenvalue weighted by atomic mass is 9.82. The standard InChI is InChI=1S/C24H30O4/c1-2-3-4-6-9-18-12-14-20(15-13-18)17-22(24(27)28)21(23(25)26)16-19-10-7-5-8-11-19/h5,7-8,10-15,21-22H,2-4,6,9,16-17H2,1H3,(H,25,26)(H,27,28)/t21-,22-/m0/s1. The summed E-state index contributed by atoms with van der Waals surface area (Å²) in [5.74, 6) is -4.06. The highest BCUT2D eigenvalue weighted by Crippen LogP contribution is 2.23. The van der Waals surface area contributed by atoms with Crippen LogP contribution in [-0.4, -0.2) is 22.2 Å². The van der Waals surface area contributed by atoms with Gasteiger partial charge in [-0.1, -0.05) is 80.8 Å². The molecule has 0 saturated carbocycles. The van der Waals surface area contributed by atoms with Crippen LogP contribution in [0.25, 0.3) is 0 Å². The molecule has 0 spiro atoms. The van der Waals surface area contributed by atoms with Gasteiger partial charge in [-0.3, -0.25) is 9.59 Å². The average Bonchev–Trinajstić information content (AvgIpc) is 2.69. The van der Waals surface area contributed by atoms with Crippen LogP contribution in [0.3, 0.4) is 0 Å². The Morgan fingerprint density at radius 1 is 0.714 bits per heavy atom. The van der Waals surface area contributed by atoms with Gasteiger partial charge in [-0.2, -0.15) is 0 Å². The molecule has 2 atom stereocenters. The van der Waals surface area contributed by atoms with Gasteiger partial charge in [0.25, 0.3) is 0 Å². The number of carbonyl (C=O) groups is 2. The molecule has 0 fully saturated rings. The van der Waals surface area contributed by atoms with Crippen LogP contribution in [0.2, 0.25) is 0 Å². The van der Waals surface area contributed by atoms with E-state index in [1.807, 2.05) is 54.6 Å². The molecule has 0 radical (unpaired) electrons. The van der Waals surface area contributed by atoms with Crippen molar-refractivity contribution in [2.24, 2.45) is 11.8 Å². The topological polar surface area (TPSA) is 74.6 Å². The Bertz CT molecular complexity index is 737. The van der Waals surface area contributed by atoms with Crippen LogP contribution in [-0.2, 0) is 28.9 Å². The second kappa shape index (κ2) is 11.3. The monoisotopic (exact) mass is 382 g/mol. The molecule has 0 bridgehead atoms. The minimum absolute atomic E-state index is 0.211. The highest BCUT2D eigenvalue weighted by atomic mass is 16.4. The van der Waals surface area contributed by atoms with E-state index in [1.54, 1.807) is 0 Å². The fourth-order valence-electron chi connectivity index (χ4n) is 3.52. The lowest BCUT2D eigenvalue weighted by molar-refractivity contribution is -0.153. The van der Waals surface area contributed by atoms with Crippen LogP contribution in [0.15, 0.2) is 54.6 Å².